The van der Waals surface area contributed by atoms with Crippen LogP contribution in [0, 0.1) is 5.92 Å². The maximum absolute atomic E-state index is 5.97. The summed E-state index contributed by atoms with van der Waals surface area (Å²) in [5, 5.41) is 0.783. The van der Waals surface area contributed by atoms with Crippen LogP contribution in [0.25, 0.3) is 0 Å². The van der Waals surface area contributed by atoms with Crippen molar-refractivity contribution >= 4 is 11.6 Å². The average molecular weight is 208 g/mol. The van der Waals surface area contributed by atoms with Crippen LogP contribution in [-0.2, 0) is 0 Å². The third kappa shape index (κ3) is 2.39. The minimum Gasteiger partial charge on any atom is -0.102 e. The molecular formula is C13H16Cl. The second-order valence-electron chi connectivity index (χ2n) is 3.77. The van der Waals surface area contributed by atoms with Crippen LogP contribution >= 0.6 is 11.6 Å². The van der Waals surface area contributed by atoms with E-state index in [1.165, 1.54) is 17.0 Å². The lowest BCUT2D eigenvalue weighted by molar-refractivity contribution is 0.853. The second kappa shape index (κ2) is 4.65. The molecule has 0 aliphatic heterocycles. The summed E-state index contributed by atoms with van der Waals surface area (Å²) in [6, 6.07) is 6.04. The van der Waals surface area contributed by atoms with Gasteiger partial charge in [0.15, 0.2) is 0 Å². The number of halogens is 1. The van der Waals surface area contributed by atoms with Crippen LogP contribution in [0.5, 0.6) is 0 Å². The molecule has 0 N–H and O–H groups in total. The highest BCUT2D eigenvalue weighted by Gasteiger charge is 2.11. The molecule has 0 heterocycles. The summed E-state index contributed by atoms with van der Waals surface area (Å²) in [7, 11) is 0. The molecule has 0 fully saturated rings. The molecule has 1 heteroatoms. The van der Waals surface area contributed by atoms with Crippen LogP contribution < -0.4 is 0 Å². The van der Waals surface area contributed by atoms with Crippen molar-refractivity contribution in [3.63, 3.8) is 0 Å². The zero-order chi connectivity index (χ0) is 10.7. The van der Waals surface area contributed by atoms with Crippen LogP contribution in [0.15, 0.2) is 30.9 Å². The fraction of sp³-hybridized carbons (Fsp3) is 0.308. The number of hydrogen-bond acceptors (Lipinski definition) is 0. The molecule has 0 aliphatic carbocycles. The molecule has 0 amide bonds. The molecule has 1 radical (unpaired) electrons. The van der Waals surface area contributed by atoms with E-state index in [1.54, 1.807) is 0 Å². The van der Waals surface area contributed by atoms with Gasteiger partial charge in [-0.3, -0.25) is 0 Å². The van der Waals surface area contributed by atoms with E-state index in [4.69, 9.17) is 11.6 Å². The van der Waals surface area contributed by atoms with E-state index in [9.17, 15) is 0 Å². The van der Waals surface area contributed by atoms with Gasteiger partial charge in [0.1, 0.15) is 0 Å². The molecule has 0 atom stereocenters. The minimum atomic E-state index is 0.511. The Bertz CT molecular complexity index is 326. The standard InChI is InChI=1S/C13H16Cl/c1-5-10(4)13-8-11(14)6-7-12(13)9(2)3/h5-9H,1H2,2-4H3. The van der Waals surface area contributed by atoms with E-state index >= 15 is 0 Å². The SMILES string of the molecule is C=C[C](C)c1cc(Cl)ccc1C(C)C. The molecular weight excluding hydrogens is 192 g/mol. The quantitative estimate of drug-likeness (QED) is 0.680. The van der Waals surface area contributed by atoms with Crippen molar-refractivity contribution < 1.29 is 0 Å². The molecule has 1 aromatic carbocycles. The van der Waals surface area contributed by atoms with E-state index < -0.39 is 0 Å². The normalized spacial score (nSPS) is 11.0. The van der Waals surface area contributed by atoms with Gasteiger partial charge in [-0.15, -0.1) is 6.58 Å². The average Bonchev–Trinajstić information content (AvgIpc) is 2.16. The summed E-state index contributed by atoms with van der Waals surface area (Å²) in [5.74, 6) is 1.69. The second-order valence-corrected chi connectivity index (χ2v) is 4.21. The summed E-state index contributed by atoms with van der Waals surface area (Å²) in [6.07, 6.45) is 1.87. The Morgan fingerprint density at radius 2 is 2.07 bits per heavy atom. The van der Waals surface area contributed by atoms with E-state index in [2.05, 4.69) is 33.4 Å². The van der Waals surface area contributed by atoms with Crippen molar-refractivity contribution in [1.29, 1.82) is 0 Å². The molecule has 0 unspecified atom stereocenters. The Labute approximate surface area is 91.6 Å². The van der Waals surface area contributed by atoms with Gasteiger partial charge in [0.05, 0.1) is 0 Å². The van der Waals surface area contributed by atoms with Crippen LogP contribution in [0.2, 0.25) is 5.02 Å². The molecule has 1 rings (SSSR count). The Morgan fingerprint density at radius 1 is 1.43 bits per heavy atom. The van der Waals surface area contributed by atoms with Gasteiger partial charge in [0, 0.05) is 10.9 Å². The molecule has 0 aliphatic rings. The third-order valence-electron chi connectivity index (χ3n) is 2.37. The van der Waals surface area contributed by atoms with Gasteiger partial charge in [-0.25, -0.2) is 0 Å². The molecule has 0 saturated carbocycles. The fourth-order valence-corrected chi connectivity index (χ4v) is 1.66. The maximum atomic E-state index is 5.97. The molecule has 0 bridgehead atoms. The Kier molecular flexibility index (Phi) is 3.77. The molecule has 0 spiro atoms. The van der Waals surface area contributed by atoms with Gasteiger partial charge >= 0.3 is 0 Å². The monoisotopic (exact) mass is 207 g/mol. The number of benzene rings is 1. The predicted molar refractivity (Wildman–Crippen MR) is 63.8 cm³/mol. The summed E-state index contributed by atoms with van der Waals surface area (Å²) < 4.78 is 0. The maximum Gasteiger partial charge on any atom is 0.0409 e. The first-order chi connectivity index (χ1) is 6.56. The predicted octanol–water partition coefficient (Wildman–Crippen LogP) is 4.59. The summed E-state index contributed by atoms with van der Waals surface area (Å²) >= 11 is 5.97. The topological polar surface area (TPSA) is 0 Å². The van der Waals surface area contributed by atoms with E-state index in [-0.39, 0.29) is 0 Å². The Balaban J connectivity index is 3.22. The van der Waals surface area contributed by atoms with E-state index in [1.807, 2.05) is 18.2 Å². The molecule has 14 heavy (non-hydrogen) atoms. The third-order valence-corrected chi connectivity index (χ3v) is 2.60. The van der Waals surface area contributed by atoms with E-state index in [0.717, 1.165) is 5.02 Å². The number of rotatable bonds is 3. The minimum absolute atomic E-state index is 0.511. The summed E-state index contributed by atoms with van der Waals surface area (Å²) in [5.41, 5.74) is 2.54. The van der Waals surface area contributed by atoms with Crippen LogP contribution in [-0.4, -0.2) is 0 Å². The van der Waals surface area contributed by atoms with Crippen molar-refractivity contribution in [3.05, 3.63) is 52.9 Å². The first-order valence-corrected chi connectivity index (χ1v) is 5.20. The van der Waals surface area contributed by atoms with Crippen LogP contribution in [0.4, 0.5) is 0 Å². The smallest absolute Gasteiger partial charge is 0.0409 e. The van der Waals surface area contributed by atoms with Crippen LogP contribution in [0.3, 0.4) is 0 Å². The van der Waals surface area contributed by atoms with Gasteiger partial charge in [-0.1, -0.05) is 44.5 Å². The highest BCUT2D eigenvalue weighted by atomic mass is 35.5. The van der Waals surface area contributed by atoms with Gasteiger partial charge < -0.3 is 0 Å². The highest BCUT2D eigenvalue weighted by Crippen LogP contribution is 2.28. The zero-order valence-electron chi connectivity index (χ0n) is 8.97. The van der Waals surface area contributed by atoms with Crippen molar-refractivity contribution in [2.75, 3.05) is 0 Å². The highest BCUT2D eigenvalue weighted by molar-refractivity contribution is 6.30. The molecule has 75 valence electrons. The molecule has 0 saturated heterocycles. The zero-order valence-corrected chi connectivity index (χ0v) is 9.73. The Hall–Kier alpha value is -0.750. The fourth-order valence-electron chi connectivity index (χ4n) is 1.48. The van der Waals surface area contributed by atoms with Gasteiger partial charge in [0.25, 0.3) is 0 Å². The largest absolute Gasteiger partial charge is 0.102 e. The number of hydrogen-bond donors (Lipinski definition) is 0. The molecule has 0 aromatic heterocycles. The van der Waals surface area contributed by atoms with Gasteiger partial charge in [-0.2, -0.15) is 0 Å². The number of allylic oxidation sites excluding steroid dienone is 1. The first-order valence-electron chi connectivity index (χ1n) is 4.82. The lowest BCUT2D eigenvalue weighted by Crippen LogP contribution is -1.99. The van der Waals surface area contributed by atoms with Gasteiger partial charge in [0.2, 0.25) is 0 Å². The van der Waals surface area contributed by atoms with Crippen molar-refractivity contribution in [2.45, 2.75) is 26.7 Å². The van der Waals surface area contributed by atoms with Crippen molar-refractivity contribution in [3.8, 4) is 0 Å². The summed E-state index contributed by atoms with van der Waals surface area (Å²) in [4.78, 5) is 0. The molecule has 1 aromatic rings. The first kappa shape index (κ1) is 11.3. The Morgan fingerprint density at radius 3 is 2.57 bits per heavy atom. The van der Waals surface area contributed by atoms with Gasteiger partial charge in [-0.05, 0) is 29.2 Å². The lowest BCUT2D eigenvalue weighted by atomic mass is 9.90. The van der Waals surface area contributed by atoms with E-state index in [0.29, 0.717) is 5.92 Å². The van der Waals surface area contributed by atoms with Crippen molar-refractivity contribution in [1.82, 2.24) is 0 Å². The lowest BCUT2D eigenvalue weighted by Gasteiger charge is -2.15. The van der Waals surface area contributed by atoms with Crippen LogP contribution in [0.1, 0.15) is 37.8 Å². The molecule has 0 nitrogen and oxygen atoms in total. The summed E-state index contributed by atoms with van der Waals surface area (Å²) in [6.45, 7) is 10.2. The van der Waals surface area contributed by atoms with Crippen molar-refractivity contribution in [2.24, 2.45) is 0 Å².